The van der Waals surface area contributed by atoms with Gasteiger partial charge in [0.05, 0.1) is 18.7 Å². The van der Waals surface area contributed by atoms with Gasteiger partial charge >= 0.3 is 6.18 Å². The first-order valence-corrected chi connectivity index (χ1v) is 15.0. The lowest BCUT2D eigenvalue weighted by Gasteiger charge is -2.39. The summed E-state index contributed by atoms with van der Waals surface area (Å²) in [7, 11) is 0. The van der Waals surface area contributed by atoms with E-state index in [0.29, 0.717) is 31.4 Å². The molecule has 1 fully saturated rings. The van der Waals surface area contributed by atoms with Crippen LogP contribution >= 0.6 is 0 Å². The fourth-order valence-electron chi connectivity index (χ4n) is 5.25. The van der Waals surface area contributed by atoms with E-state index in [4.69, 9.17) is 14.0 Å². The number of amides is 1. The third kappa shape index (κ3) is 8.42. The highest BCUT2D eigenvalue weighted by Crippen LogP contribution is 2.32. The molecule has 1 saturated heterocycles. The van der Waals surface area contributed by atoms with Crippen molar-refractivity contribution in [1.82, 2.24) is 20.4 Å². The molecule has 1 aliphatic rings. The van der Waals surface area contributed by atoms with E-state index in [1.807, 2.05) is 67.3 Å². The number of nitrogens with one attached hydrogen (secondary N) is 1. The smallest absolute Gasteiger partial charge is 0.416 e. The fraction of sp³-hybridized carbons (Fsp3) is 0.382. The molecule has 8 nitrogen and oxygen atoms in total. The van der Waals surface area contributed by atoms with E-state index in [1.165, 1.54) is 12.1 Å². The predicted octanol–water partition coefficient (Wildman–Crippen LogP) is 6.65. The Labute approximate surface area is 260 Å². The Hall–Kier alpha value is -4.38. The zero-order valence-electron chi connectivity index (χ0n) is 25.5. The van der Waals surface area contributed by atoms with Crippen LogP contribution in [0.1, 0.15) is 42.0 Å². The van der Waals surface area contributed by atoms with Gasteiger partial charge in [-0.2, -0.15) is 18.2 Å². The van der Waals surface area contributed by atoms with Crippen LogP contribution in [0.15, 0.2) is 77.3 Å². The number of benzene rings is 3. The van der Waals surface area contributed by atoms with Crippen LogP contribution in [0.4, 0.5) is 13.2 Å². The third-order valence-electron chi connectivity index (χ3n) is 8.08. The zero-order valence-corrected chi connectivity index (χ0v) is 25.5. The minimum absolute atomic E-state index is 0.0618. The molecule has 1 N–H and O–H groups in total. The van der Waals surface area contributed by atoms with Crippen LogP contribution in [0.25, 0.3) is 11.4 Å². The molecule has 1 amide bonds. The summed E-state index contributed by atoms with van der Waals surface area (Å²) in [6.07, 6.45) is -3.57. The molecule has 0 bridgehead atoms. The van der Waals surface area contributed by atoms with Crippen LogP contribution in [0.3, 0.4) is 0 Å². The zero-order chi connectivity index (χ0) is 32.0. The second-order valence-electron chi connectivity index (χ2n) is 11.5. The Morgan fingerprint density at radius 1 is 0.978 bits per heavy atom. The number of carbonyl (C=O) groups is 1. The molecule has 238 valence electrons. The number of hydrogen-bond acceptors (Lipinski definition) is 7. The molecule has 3 aromatic carbocycles. The molecule has 1 aliphatic heterocycles. The molecule has 0 radical (unpaired) electrons. The van der Waals surface area contributed by atoms with Crippen molar-refractivity contribution in [2.45, 2.75) is 39.4 Å². The van der Waals surface area contributed by atoms with Gasteiger partial charge in [-0.25, -0.2) is 0 Å². The van der Waals surface area contributed by atoms with Gasteiger partial charge in [0.1, 0.15) is 18.1 Å². The van der Waals surface area contributed by atoms with Gasteiger partial charge in [0.2, 0.25) is 11.7 Å². The number of hydrogen-bond donors (Lipinski definition) is 1. The number of rotatable bonds is 11. The highest BCUT2D eigenvalue weighted by molar-refractivity contribution is 5.82. The average molecular weight is 623 g/mol. The molecule has 4 aromatic rings. The van der Waals surface area contributed by atoms with Gasteiger partial charge in [0.15, 0.2) is 6.04 Å². The Bertz CT molecular complexity index is 1540. The number of ether oxygens (including phenoxy) is 2. The van der Waals surface area contributed by atoms with Gasteiger partial charge < -0.3 is 19.3 Å². The Morgan fingerprint density at radius 3 is 2.27 bits per heavy atom. The minimum atomic E-state index is -4.42. The van der Waals surface area contributed by atoms with Crippen molar-refractivity contribution in [2.24, 2.45) is 11.8 Å². The average Bonchev–Trinajstić information content (AvgIpc) is 3.50. The summed E-state index contributed by atoms with van der Waals surface area (Å²) in [5, 5.41) is 7.05. The first kappa shape index (κ1) is 32.0. The second-order valence-corrected chi connectivity index (χ2v) is 11.5. The monoisotopic (exact) mass is 622 g/mol. The summed E-state index contributed by atoms with van der Waals surface area (Å²) in [6, 6.07) is 19.2. The van der Waals surface area contributed by atoms with Gasteiger partial charge in [-0.1, -0.05) is 59.6 Å². The van der Waals surface area contributed by atoms with E-state index in [0.717, 1.165) is 41.0 Å². The molecule has 11 heteroatoms. The van der Waals surface area contributed by atoms with Gasteiger partial charge in [-0.05, 0) is 69.1 Å². The van der Waals surface area contributed by atoms with Crippen LogP contribution in [-0.4, -0.2) is 53.8 Å². The summed E-state index contributed by atoms with van der Waals surface area (Å²) >= 11 is 0. The summed E-state index contributed by atoms with van der Waals surface area (Å²) in [6.45, 7) is 8.11. The molecule has 0 spiro atoms. The number of carbonyl (C=O) groups excluding carboxylic acids is 1. The lowest BCUT2D eigenvalue weighted by molar-refractivity contribution is -0.137. The number of aromatic nitrogens is 2. The topological polar surface area (TPSA) is 89.7 Å². The minimum Gasteiger partial charge on any atom is -0.493 e. The normalized spacial score (nSPS) is 17.9. The Morgan fingerprint density at radius 2 is 1.60 bits per heavy atom. The molecule has 3 atom stereocenters. The molecule has 45 heavy (non-hydrogen) atoms. The van der Waals surface area contributed by atoms with Gasteiger partial charge in [-0.3, -0.25) is 9.69 Å². The molecule has 2 heterocycles. The maximum Gasteiger partial charge on any atom is 0.416 e. The number of piperidine rings is 1. The summed E-state index contributed by atoms with van der Waals surface area (Å²) < 4.78 is 56.0. The van der Waals surface area contributed by atoms with Gasteiger partial charge in [0.25, 0.3) is 5.89 Å². The van der Waals surface area contributed by atoms with E-state index in [2.05, 4.69) is 22.4 Å². The van der Waals surface area contributed by atoms with Crippen LogP contribution in [0.2, 0.25) is 0 Å². The van der Waals surface area contributed by atoms with Crippen molar-refractivity contribution >= 4 is 5.91 Å². The highest BCUT2D eigenvalue weighted by Gasteiger charge is 2.38. The molecule has 0 aliphatic carbocycles. The maximum atomic E-state index is 13.7. The molecule has 5 rings (SSSR count). The second kappa shape index (κ2) is 14.2. The maximum absolute atomic E-state index is 13.7. The van der Waals surface area contributed by atoms with Crippen LogP contribution in [0.5, 0.6) is 11.5 Å². The number of halogens is 3. The van der Waals surface area contributed by atoms with E-state index in [9.17, 15) is 18.0 Å². The van der Waals surface area contributed by atoms with Crippen LogP contribution in [-0.2, 0) is 11.0 Å². The standard InChI is InChI=1S/C34H37F3N4O4/c1-22-4-8-25(9-5-22)31-39-33(45-40-31)30(32(42)38-17-19-43-28-14-10-27(11-15-28)34(35,36)37)41-18-16-24(3)26(20-41)21-44-29-12-6-23(2)7-13-29/h4-15,24,26,30H,16-21H2,1-3H3,(H,38,42)/t24-,26+,30?/m0/s1. The lowest BCUT2D eigenvalue weighted by Crippen LogP contribution is -2.48. The number of likely N-dealkylation sites (tertiary alicyclic amines) is 1. The van der Waals surface area contributed by atoms with Crippen molar-refractivity contribution < 1.29 is 32.0 Å². The lowest BCUT2D eigenvalue weighted by atomic mass is 9.86. The number of nitrogens with zero attached hydrogens (tertiary/aromatic N) is 3. The van der Waals surface area contributed by atoms with E-state index < -0.39 is 17.8 Å². The SMILES string of the molecule is Cc1ccc(OC[C@H]2CN(C(C(=O)NCCOc3ccc(C(F)(F)F)cc3)c3nc(-c4ccc(C)cc4)no3)CC[C@@H]2C)cc1. The Kier molecular flexibility index (Phi) is 10.1. The predicted molar refractivity (Wildman–Crippen MR) is 163 cm³/mol. The van der Waals surface area contributed by atoms with E-state index in [1.54, 1.807) is 0 Å². The molecule has 1 unspecified atom stereocenters. The summed E-state index contributed by atoms with van der Waals surface area (Å²) in [4.78, 5) is 20.4. The Balaban J connectivity index is 1.27. The van der Waals surface area contributed by atoms with Gasteiger partial charge in [0, 0.05) is 18.0 Å². The van der Waals surface area contributed by atoms with E-state index >= 15 is 0 Å². The molecular formula is C34H37F3N4O4. The van der Waals surface area contributed by atoms with Crippen molar-refractivity contribution in [3.05, 3.63) is 95.4 Å². The van der Waals surface area contributed by atoms with Crippen molar-refractivity contribution in [1.29, 1.82) is 0 Å². The molecular weight excluding hydrogens is 585 g/mol. The number of alkyl halides is 3. The largest absolute Gasteiger partial charge is 0.493 e. The summed E-state index contributed by atoms with van der Waals surface area (Å²) in [5.41, 5.74) is 2.27. The third-order valence-corrected chi connectivity index (χ3v) is 8.08. The number of aryl methyl sites for hydroxylation is 2. The quantitative estimate of drug-likeness (QED) is 0.188. The molecule has 1 aromatic heterocycles. The van der Waals surface area contributed by atoms with Crippen molar-refractivity contribution in [3.8, 4) is 22.9 Å². The van der Waals surface area contributed by atoms with Crippen molar-refractivity contribution in [2.75, 3.05) is 32.8 Å². The van der Waals surface area contributed by atoms with Crippen molar-refractivity contribution in [3.63, 3.8) is 0 Å². The van der Waals surface area contributed by atoms with Crippen LogP contribution < -0.4 is 14.8 Å². The first-order chi connectivity index (χ1) is 21.6. The molecule has 0 saturated carbocycles. The first-order valence-electron chi connectivity index (χ1n) is 15.0. The fourth-order valence-corrected chi connectivity index (χ4v) is 5.25. The van der Waals surface area contributed by atoms with Gasteiger partial charge in [-0.15, -0.1) is 0 Å². The highest BCUT2D eigenvalue weighted by atomic mass is 19.4. The van der Waals surface area contributed by atoms with E-state index in [-0.39, 0.29) is 36.6 Å². The van der Waals surface area contributed by atoms with Crippen LogP contribution in [0, 0.1) is 25.7 Å². The summed E-state index contributed by atoms with van der Waals surface area (Å²) in [5.74, 6) is 1.83.